The first-order valence-electron chi connectivity index (χ1n) is 7.50. The molecule has 0 aliphatic carbocycles. The minimum Gasteiger partial charge on any atom is -0.378 e. The zero-order valence-corrected chi connectivity index (χ0v) is 13.5. The quantitative estimate of drug-likeness (QED) is 0.886. The van der Waals surface area contributed by atoms with Gasteiger partial charge in [-0.05, 0) is 36.3 Å². The van der Waals surface area contributed by atoms with Crippen molar-refractivity contribution in [3.63, 3.8) is 0 Å². The van der Waals surface area contributed by atoms with Crippen LogP contribution in [0, 0.1) is 6.92 Å². The Morgan fingerprint density at radius 1 is 1.04 bits per heavy atom. The highest BCUT2D eigenvalue weighted by atomic mass is 16.2. The highest BCUT2D eigenvalue weighted by molar-refractivity contribution is 6.20. The number of aryl methyl sites for hydroxylation is 1. The Morgan fingerprint density at radius 2 is 1.74 bits per heavy atom. The van der Waals surface area contributed by atoms with Crippen molar-refractivity contribution in [2.75, 3.05) is 19.0 Å². The number of hydrogen-bond donors (Lipinski definition) is 1. The second-order valence-corrected chi connectivity index (χ2v) is 5.74. The maximum Gasteiger partial charge on any atom is 0.275 e. The molecule has 0 bridgehead atoms. The third-order valence-electron chi connectivity index (χ3n) is 3.81. The van der Waals surface area contributed by atoms with E-state index in [0.29, 0.717) is 11.5 Å². The number of rotatable bonds is 3. The fourth-order valence-corrected chi connectivity index (χ4v) is 2.46. The van der Waals surface area contributed by atoms with Crippen molar-refractivity contribution < 1.29 is 4.79 Å². The van der Waals surface area contributed by atoms with Gasteiger partial charge in [0.1, 0.15) is 11.5 Å². The third kappa shape index (κ3) is 3.16. The Labute approximate surface area is 136 Å². The minimum atomic E-state index is -0.167. The number of amidine groups is 1. The average molecular weight is 305 g/mol. The summed E-state index contributed by atoms with van der Waals surface area (Å²) in [6, 6.07) is 15.9. The lowest BCUT2D eigenvalue weighted by molar-refractivity contribution is -0.115. The summed E-state index contributed by atoms with van der Waals surface area (Å²) in [7, 11) is 3.99. The highest BCUT2D eigenvalue weighted by Crippen LogP contribution is 2.19. The maximum atomic E-state index is 12.1. The standard InChI is InChI=1S/C19H19N3O/c1-13-6-4-5-7-16(13)18-20-17(19(23)21-18)12-14-8-10-15(11-9-14)22(2)3/h4-12H,1-3H3,(H,20,21,23)/b17-12+. The van der Waals surface area contributed by atoms with E-state index in [4.69, 9.17) is 0 Å². The number of carbonyl (C=O) groups is 1. The summed E-state index contributed by atoms with van der Waals surface area (Å²) in [5.41, 5.74) is 4.54. The van der Waals surface area contributed by atoms with Crippen LogP contribution in [0.5, 0.6) is 0 Å². The predicted molar refractivity (Wildman–Crippen MR) is 94.6 cm³/mol. The number of aliphatic imine (C=N–C) groups is 1. The van der Waals surface area contributed by atoms with Gasteiger partial charge in [-0.2, -0.15) is 0 Å². The van der Waals surface area contributed by atoms with Gasteiger partial charge in [0.15, 0.2) is 0 Å². The molecule has 4 heteroatoms. The number of hydrogen-bond acceptors (Lipinski definition) is 3. The molecule has 0 fully saturated rings. The topological polar surface area (TPSA) is 44.7 Å². The first-order chi connectivity index (χ1) is 11.0. The summed E-state index contributed by atoms with van der Waals surface area (Å²) in [6.07, 6.45) is 1.81. The number of benzene rings is 2. The molecule has 4 nitrogen and oxygen atoms in total. The zero-order chi connectivity index (χ0) is 16.4. The Balaban J connectivity index is 1.90. The fourth-order valence-electron chi connectivity index (χ4n) is 2.46. The lowest BCUT2D eigenvalue weighted by Crippen LogP contribution is -2.25. The molecule has 1 heterocycles. The third-order valence-corrected chi connectivity index (χ3v) is 3.81. The Kier molecular flexibility index (Phi) is 3.98. The molecule has 1 N–H and O–H groups in total. The lowest BCUT2D eigenvalue weighted by atomic mass is 10.1. The largest absolute Gasteiger partial charge is 0.378 e. The second kappa shape index (κ2) is 6.08. The number of nitrogens with one attached hydrogen (secondary N) is 1. The molecular formula is C19H19N3O. The first kappa shape index (κ1) is 15.0. The van der Waals surface area contributed by atoms with Gasteiger partial charge >= 0.3 is 0 Å². The molecular weight excluding hydrogens is 286 g/mol. The molecule has 0 atom stereocenters. The molecule has 1 aliphatic heterocycles. The van der Waals surface area contributed by atoms with E-state index in [1.54, 1.807) is 6.08 Å². The van der Waals surface area contributed by atoms with E-state index in [1.165, 1.54) is 0 Å². The van der Waals surface area contributed by atoms with Crippen LogP contribution in [0.2, 0.25) is 0 Å². The highest BCUT2D eigenvalue weighted by Gasteiger charge is 2.21. The van der Waals surface area contributed by atoms with E-state index < -0.39 is 0 Å². The van der Waals surface area contributed by atoms with Crippen LogP contribution in [0.15, 0.2) is 59.2 Å². The smallest absolute Gasteiger partial charge is 0.275 e. The van der Waals surface area contributed by atoms with Gasteiger partial charge in [-0.15, -0.1) is 0 Å². The summed E-state index contributed by atoms with van der Waals surface area (Å²) in [5, 5.41) is 2.85. The summed E-state index contributed by atoms with van der Waals surface area (Å²) in [4.78, 5) is 18.6. The Hall–Kier alpha value is -2.88. The van der Waals surface area contributed by atoms with Crippen LogP contribution in [-0.2, 0) is 4.79 Å². The predicted octanol–water partition coefficient (Wildman–Crippen LogP) is 2.98. The molecule has 23 heavy (non-hydrogen) atoms. The van der Waals surface area contributed by atoms with Crippen molar-refractivity contribution in [3.05, 3.63) is 70.9 Å². The van der Waals surface area contributed by atoms with Crippen molar-refractivity contribution in [2.45, 2.75) is 6.92 Å². The number of nitrogens with zero attached hydrogens (tertiary/aromatic N) is 2. The molecule has 2 aromatic rings. The number of carbonyl (C=O) groups excluding carboxylic acids is 1. The van der Waals surface area contributed by atoms with Crippen molar-refractivity contribution in [3.8, 4) is 0 Å². The van der Waals surface area contributed by atoms with Gasteiger partial charge in [0.05, 0.1) is 0 Å². The van der Waals surface area contributed by atoms with Gasteiger partial charge < -0.3 is 10.2 Å². The Bertz CT molecular complexity index is 802. The molecule has 0 unspecified atom stereocenters. The van der Waals surface area contributed by atoms with Gasteiger partial charge in [0.25, 0.3) is 5.91 Å². The molecule has 0 radical (unpaired) electrons. The van der Waals surface area contributed by atoms with Gasteiger partial charge in [0, 0.05) is 25.3 Å². The molecule has 2 aromatic carbocycles. The van der Waals surface area contributed by atoms with Gasteiger partial charge in [-0.3, -0.25) is 4.79 Å². The first-order valence-corrected chi connectivity index (χ1v) is 7.50. The van der Waals surface area contributed by atoms with Crippen molar-refractivity contribution in [1.29, 1.82) is 0 Å². The van der Waals surface area contributed by atoms with Crippen LogP contribution >= 0.6 is 0 Å². The van der Waals surface area contributed by atoms with E-state index in [1.807, 2.05) is 74.4 Å². The van der Waals surface area contributed by atoms with E-state index in [0.717, 1.165) is 22.4 Å². The van der Waals surface area contributed by atoms with E-state index >= 15 is 0 Å². The normalized spacial score (nSPS) is 15.5. The van der Waals surface area contributed by atoms with Gasteiger partial charge in [-0.1, -0.05) is 36.4 Å². The van der Waals surface area contributed by atoms with Crippen LogP contribution in [0.25, 0.3) is 6.08 Å². The van der Waals surface area contributed by atoms with Crippen molar-refractivity contribution >= 4 is 23.5 Å². The van der Waals surface area contributed by atoms with E-state index in [-0.39, 0.29) is 5.91 Å². The molecule has 0 saturated heterocycles. The van der Waals surface area contributed by atoms with Crippen molar-refractivity contribution in [2.24, 2.45) is 4.99 Å². The SMILES string of the molecule is Cc1ccccc1C1=N/C(=C/c2ccc(N(C)C)cc2)C(=O)N1. The minimum absolute atomic E-state index is 0.167. The molecule has 0 aromatic heterocycles. The van der Waals surface area contributed by atoms with E-state index in [9.17, 15) is 4.79 Å². The molecule has 0 saturated carbocycles. The van der Waals surface area contributed by atoms with Gasteiger partial charge in [-0.25, -0.2) is 4.99 Å². The maximum absolute atomic E-state index is 12.1. The molecule has 1 amide bonds. The molecule has 3 rings (SSSR count). The molecule has 0 spiro atoms. The zero-order valence-electron chi connectivity index (χ0n) is 13.5. The molecule has 1 aliphatic rings. The lowest BCUT2D eigenvalue weighted by Gasteiger charge is -2.11. The number of amides is 1. The summed E-state index contributed by atoms with van der Waals surface area (Å²) >= 11 is 0. The molecule has 116 valence electrons. The summed E-state index contributed by atoms with van der Waals surface area (Å²) in [5.74, 6) is 0.448. The monoisotopic (exact) mass is 305 g/mol. The van der Waals surface area contributed by atoms with Crippen LogP contribution < -0.4 is 10.2 Å². The second-order valence-electron chi connectivity index (χ2n) is 5.74. The fraction of sp³-hybridized carbons (Fsp3) is 0.158. The van der Waals surface area contributed by atoms with Crippen LogP contribution in [-0.4, -0.2) is 25.8 Å². The van der Waals surface area contributed by atoms with Crippen LogP contribution in [0.3, 0.4) is 0 Å². The van der Waals surface area contributed by atoms with Crippen LogP contribution in [0.4, 0.5) is 5.69 Å². The van der Waals surface area contributed by atoms with Crippen molar-refractivity contribution in [1.82, 2.24) is 5.32 Å². The van der Waals surface area contributed by atoms with E-state index in [2.05, 4.69) is 10.3 Å². The van der Waals surface area contributed by atoms with Gasteiger partial charge in [0.2, 0.25) is 0 Å². The summed E-state index contributed by atoms with van der Waals surface area (Å²) in [6.45, 7) is 2.01. The summed E-state index contributed by atoms with van der Waals surface area (Å²) < 4.78 is 0. The average Bonchev–Trinajstić information content (AvgIpc) is 2.89. The number of anilines is 1. The Morgan fingerprint density at radius 3 is 2.39 bits per heavy atom. The van der Waals surface area contributed by atoms with Crippen LogP contribution in [0.1, 0.15) is 16.7 Å².